The molecule has 0 radical (unpaired) electrons. The van der Waals surface area contributed by atoms with Gasteiger partial charge in [0.25, 0.3) is 0 Å². The Morgan fingerprint density at radius 3 is 2.31 bits per heavy atom. The van der Waals surface area contributed by atoms with E-state index in [1.54, 1.807) is 11.0 Å². The fourth-order valence-corrected chi connectivity index (χ4v) is 3.26. The van der Waals surface area contributed by atoms with Crippen molar-refractivity contribution in [2.45, 2.75) is 38.2 Å². The van der Waals surface area contributed by atoms with E-state index in [4.69, 9.17) is 15.0 Å². The van der Waals surface area contributed by atoms with Gasteiger partial charge < -0.3 is 10.2 Å². The second-order valence-electron chi connectivity index (χ2n) is 7.16. The monoisotopic (exact) mass is 453 g/mol. The van der Waals surface area contributed by atoms with E-state index in [9.17, 15) is 13.2 Å². The summed E-state index contributed by atoms with van der Waals surface area (Å²) >= 11 is 0. The van der Waals surface area contributed by atoms with Gasteiger partial charge >= 0.3 is 12.1 Å². The molecule has 1 fully saturated rings. The lowest BCUT2D eigenvalue weighted by atomic mass is 10.0. The molecule has 0 unspecified atom stereocenters. The van der Waals surface area contributed by atoms with Crippen molar-refractivity contribution < 1.29 is 28.2 Å². The van der Waals surface area contributed by atoms with Gasteiger partial charge in [-0.3, -0.25) is 4.90 Å². The second kappa shape index (κ2) is 10.3. The molecule has 13 heteroatoms. The van der Waals surface area contributed by atoms with E-state index < -0.39 is 12.1 Å². The Hall–Kier alpha value is -3.32. The molecule has 1 aliphatic heterocycles. The van der Waals surface area contributed by atoms with Crippen molar-refractivity contribution in [3.05, 3.63) is 54.4 Å². The van der Waals surface area contributed by atoms with E-state index in [1.165, 1.54) is 11.9 Å². The minimum absolute atomic E-state index is 0.0521. The Bertz CT molecular complexity index is 983. The number of alkyl halides is 3. The molecule has 4 rings (SSSR count). The number of aliphatic carboxylic acids is 1. The minimum atomic E-state index is -5.08. The molecule has 1 saturated heterocycles. The topological polar surface area (TPSA) is 122 Å². The standard InChI is InChI=1S/C17H21N7O.C2HF3O2/c25-11-15-10-23(21-20-15)17-5-7-22(8-6-17)9-14-1-3-16(4-2-14)24-13-18-12-19-24;3-2(4,5)1(6)7/h1-4,10,12-13,17,25H,5-9,11H2;(H,6,7). The molecule has 1 aromatic carbocycles. The van der Waals surface area contributed by atoms with Gasteiger partial charge in [0.05, 0.1) is 24.5 Å². The highest BCUT2D eigenvalue weighted by Gasteiger charge is 2.38. The van der Waals surface area contributed by atoms with E-state index in [2.05, 4.69) is 49.6 Å². The van der Waals surface area contributed by atoms with E-state index in [1.807, 2.05) is 10.9 Å². The zero-order chi connectivity index (χ0) is 23.1. The molecule has 0 aliphatic carbocycles. The molecular formula is C19H22F3N7O3. The van der Waals surface area contributed by atoms with Crippen LogP contribution in [0.4, 0.5) is 13.2 Å². The lowest BCUT2D eigenvalue weighted by Gasteiger charge is -2.31. The smallest absolute Gasteiger partial charge is 0.475 e. The quantitative estimate of drug-likeness (QED) is 0.600. The van der Waals surface area contributed by atoms with Crippen molar-refractivity contribution in [1.29, 1.82) is 0 Å². The summed E-state index contributed by atoms with van der Waals surface area (Å²) in [6.45, 7) is 2.96. The summed E-state index contributed by atoms with van der Waals surface area (Å²) in [6, 6.07) is 8.81. The van der Waals surface area contributed by atoms with Gasteiger partial charge in [-0.25, -0.2) is 19.1 Å². The Kier molecular flexibility index (Phi) is 7.53. The molecule has 172 valence electrons. The average Bonchev–Trinajstić information content (AvgIpc) is 3.47. The number of halogens is 3. The number of likely N-dealkylation sites (tertiary alicyclic amines) is 1. The predicted molar refractivity (Wildman–Crippen MR) is 105 cm³/mol. The second-order valence-corrected chi connectivity index (χ2v) is 7.16. The van der Waals surface area contributed by atoms with E-state index in [-0.39, 0.29) is 6.61 Å². The number of carboxylic acids is 1. The molecule has 2 aromatic heterocycles. The number of hydrogen-bond acceptors (Lipinski definition) is 7. The number of carboxylic acid groups (broad SMARTS) is 1. The van der Waals surface area contributed by atoms with Gasteiger partial charge in [0, 0.05) is 19.6 Å². The van der Waals surface area contributed by atoms with Crippen molar-refractivity contribution in [1.82, 2.24) is 34.7 Å². The zero-order valence-electron chi connectivity index (χ0n) is 16.9. The molecular weight excluding hydrogens is 431 g/mol. The number of piperidine rings is 1. The Labute approximate surface area is 180 Å². The minimum Gasteiger partial charge on any atom is -0.475 e. The summed E-state index contributed by atoms with van der Waals surface area (Å²) in [5.74, 6) is -2.76. The van der Waals surface area contributed by atoms with Gasteiger partial charge in [-0.15, -0.1) is 5.10 Å². The number of aliphatic hydroxyl groups excluding tert-OH is 1. The fourth-order valence-electron chi connectivity index (χ4n) is 3.26. The normalized spacial score (nSPS) is 15.2. The summed E-state index contributed by atoms with van der Waals surface area (Å²) < 4.78 is 35.4. The maximum Gasteiger partial charge on any atom is 0.490 e. The third-order valence-corrected chi connectivity index (χ3v) is 4.92. The zero-order valence-corrected chi connectivity index (χ0v) is 16.9. The summed E-state index contributed by atoms with van der Waals surface area (Å²) in [5.41, 5.74) is 2.95. The van der Waals surface area contributed by atoms with Crippen LogP contribution in [0.5, 0.6) is 0 Å². The summed E-state index contributed by atoms with van der Waals surface area (Å²) in [5, 5.41) is 28.5. The van der Waals surface area contributed by atoms with Gasteiger partial charge in [0.2, 0.25) is 0 Å². The van der Waals surface area contributed by atoms with Crippen LogP contribution in [0, 0.1) is 0 Å². The molecule has 10 nitrogen and oxygen atoms in total. The van der Waals surface area contributed by atoms with Crippen LogP contribution in [-0.4, -0.2) is 70.1 Å². The first-order valence-corrected chi connectivity index (χ1v) is 9.74. The molecule has 3 aromatic rings. The molecule has 0 spiro atoms. The summed E-state index contributed by atoms with van der Waals surface area (Å²) in [7, 11) is 0. The molecule has 0 amide bonds. The molecule has 0 saturated carbocycles. The first-order valence-electron chi connectivity index (χ1n) is 9.74. The molecule has 1 aliphatic rings. The van der Waals surface area contributed by atoms with Gasteiger partial charge in [0.15, 0.2) is 0 Å². The summed E-state index contributed by atoms with van der Waals surface area (Å²) in [6.07, 6.45) is 2.10. The van der Waals surface area contributed by atoms with Gasteiger partial charge in [0.1, 0.15) is 18.3 Å². The first kappa shape index (κ1) is 23.3. The maximum atomic E-state index is 10.6. The number of rotatable bonds is 5. The van der Waals surface area contributed by atoms with Gasteiger partial charge in [-0.2, -0.15) is 18.3 Å². The van der Waals surface area contributed by atoms with Crippen LogP contribution in [-0.2, 0) is 17.9 Å². The SMILES string of the molecule is O=C(O)C(F)(F)F.OCc1cn(C2CCN(Cc3ccc(-n4cncn4)cc3)CC2)nn1. The Balaban J connectivity index is 0.000000360. The number of hydrogen-bond donors (Lipinski definition) is 2. The third-order valence-electron chi connectivity index (χ3n) is 4.92. The van der Waals surface area contributed by atoms with Crippen LogP contribution < -0.4 is 0 Å². The van der Waals surface area contributed by atoms with Crippen molar-refractivity contribution in [2.24, 2.45) is 0 Å². The first-order chi connectivity index (χ1) is 15.3. The van der Waals surface area contributed by atoms with Crippen molar-refractivity contribution in [3.8, 4) is 5.69 Å². The molecule has 0 atom stereocenters. The number of aromatic nitrogens is 6. The molecule has 0 bridgehead atoms. The van der Waals surface area contributed by atoms with Crippen LogP contribution in [0.1, 0.15) is 30.1 Å². The van der Waals surface area contributed by atoms with Crippen LogP contribution in [0.25, 0.3) is 5.69 Å². The Morgan fingerprint density at radius 1 is 1.16 bits per heavy atom. The van der Waals surface area contributed by atoms with Crippen molar-refractivity contribution in [2.75, 3.05) is 13.1 Å². The lowest BCUT2D eigenvalue weighted by Crippen LogP contribution is -2.34. The fraction of sp³-hybridized carbons (Fsp3) is 0.421. The highest BCUT2D eigenvalue weighted by Crippen LogP contribution is 2.23. The number of aliphatic hydroxyl groups is 1. The van der Waals surface area contributed by atoms with Crippen LogP contribution in [0.3, 0.4) is 0 Å². The molecule has 3 heterocycles. The third kappa shape index (κ3) is 6.34. The molecule has 2 N–H and O–H groups in total. The van der Waals surface area contributed by atoms with Crippen LogP contribution in [0.2, 0.25) is 0 Å². The summed E-state index contributed by atoms with van der Waals surface area (Å²) in [4.78, 5) is 15.3. The number of benzene rings is 1. The average molecular weight is 453 g/mol. The van der Waals surface area contributed by atoms with E-state index in [0.29, 0.717) is 11.7 Å². The van der Waals surface area contributed by atoms with E-state index in [0.717, 1.165) is 38.2 Å². The highest BCUT2D eigenvalue weighted by atomic mass is 19.4. The Morgan fingerprint density at radius 2 is 1.81 bits per heavy atom. The van der Waals surface area contributed by atoms with Crippen LogP contribution >= 0.6 is 0 Å². The number of nitrogens with zero attached hydrogens (tertiary/aromatic N) is 7. The molecule has 32 heavy (non-hydrogen) atoms. The van der Waals surface area contributed by atoms with Gasteiger partial charge in [-0.05, 0) is 30.5 Å². The predicted octanol–water partition coefficient (Wildman–Crippen LogP) is 1.82. The van der Waals surface area contributed by atoms with Crippen molar-refractivity contribution in [3.63, 3.8) is 0 Å². The highest BCUT2D eigenvalue weighted by molar-refractivity contribution is 5.73. The maximum absolute atomic E-state index is 10.6. The van der Waals surface area contributed by atoms with Crippen LogP contribution in [0.15, 0.2) is 43.1 Å². The van der Waals surface area contributed by atoms with E-state index >= 15 is 0 Å². The van der Waals surface area contributed by atoms with Gasteiger partial charge in [-0.1, -0.05) is 17.3 Å². The largest absolute Gasteiger partial charge is 0.490 e. The number of carbonyl (C=O) groups is 1. The lowest BCUT2D eigenvalue weighted by molar-refractivity contribution is -0.192. The van der Waals surface area contributed by atoms with Crippen molar-refractivity contribution >= 4 is 5.97 Å².